The maximum atomic E-state index is 13.0. The molecule has 0 bridgehead atoms. The SMILES string of the molecule is Cc1nc(C)c(CCC(=O)N(Cc2ccc(F)cc2)C2CC2)c(=O)[nH]1. The van der Waals surface area contributed by atoms with Gasteiger partial charge in [0.2, 0.25) is 5.91 Å². The van der Waals surface area contributed by atoms with Gasteiger partial charge in [0.25, 0.3) is 5.56 Å². The van der Waals surface area contributed by atoms with Crippen molar-refractivity contribution >= 4 is 5.91 Å². The van der Waals surface area contributed by atoms with Crippen molar-refractivity contribution in [3.05, 3.63) is 63.1 Å². The van der Waals surface area contributed by atoms with Crippen LogP contribution >= 0.6 is 0 Å². The summed E-state index contributed by atoms with van der Waals surface area (Å²) in [6.07, 6.45) is 2.64. The number of carbonyl (C=O) groups excluding carboxylic acids is 1. The number of aromatic amines is 1. The number of nitrogens with one attached hydrogen (secondary N) is 1. The van der Waals surface area contributed by atoms with E-state index in [1.165, 1.54) is 12.1 Å². The van der Waals surface area contributed by atoms with E-state index in [9.17, 15) is 14.0 Å². The van der Waals surface area contributed by atoms with Crippen LogP contribution in [0.1, 0.15) is 41.9 Å². The summed E-state index contributed by atoms with van der Waals surface area (Å²) in [7, 11) is 0. The van der Waals surface area contributed by atoms with Gasteiger partial charge < -0.3 is 9.88 Å². The fourth-order valence-corrected chi connectivity index (χ4v) is 3.01. The Morgan fingerprint density at radius 2 is 1.96 bits per heavy atom. The summed E-state index contributed by atoms with van der Waals surface area (Å²) in [4.78, 5) is 33.5. The van der Waals surface area contributed by atoms with E-state index in [0.717, 1.165) is 18.4 Å². The summed E-state index contributed by atoms with van der Waals surface area (Å²) in [6, 6.07) is 6.48. The maximum Gasteiger partial charge on any atom is 0.254 e. The average Bonchev–Trinajstić information content (AvgIpc) is 3.37. The lowest BCUT2D eigenvalue weighted by molar-refractivity contribution is -0.132. The zero-order valence-corrected chi connectivity index (χ0v) is 14.5. The van der Waals surface area contributed by atoms with Crippen molar-refractivity contribution in [3.63, 3.8) is 0 Å². The van der Waals surface area contributed by atoms with Crippen molar-refractivity contribution in [2.75, 3.05) is 0 Å². The van der Waals surface area contributed by atoms with E-state index in [4.69, 9.17) is 0 Å². The first kappa shape index (κ1) is 17.3. The Bertz CT molecular complexity index is 826. The van der Waals surface area contributed by atoms with Crippen LogP contribution in [0, 0.1) is 19.7 Å². The van der Waals surface area contributed by atoms with Crippen molar-refractivity contribution in [1.29, 1.82) is 0 Å². The maximum absolute atomic E-state index is 13.0. The summed E-state index contributed by atoms with van der Waals surface area (Å²) < 4.78 is 13.0. The first-order chi connectivity index (χ1) is 11.9. The molecular formula is C19H22FN3O2. The van der Waals surface area contributed by atoms with Gasteiger partial charge in [0.1, 0.15) is 11.6 Å². The monoisotopic (exact) mass is 343 g/mol. The standard InChI is InChI=1S/C19H22FN3O2/c1-12-17(19(25)22-13(2)21-12)9-10-18(24)23(16-7-8-16)11-14-3-5-15(20)6-4-14/h3-6,16H,7-11H2,1-2H3,(H,21,22,25). The summed E-state index contributed by atoms with van der Waals surface area (Å²) in [6.45, 7) is 4.01. The number of nitrogens with zero attached hydrogens (tertiary/aromatic N) is 2. The zero-order valence-electron chi connectivity index (χ0n) is 14.5. The fraction of sp³-hybridized carbons (Fsp3) is 0.421. The van der Waals surface area contributed by atoms with E-state index in [2.05, 4.69) is 9.97 Å². The summed E-state index contributed by atoms with van der Waals surface area (Å²) in [5.41, 5.74) is 1.98. The van der Waals surface area contributed by atoms with Gasteiger partial charge in [0.15, 0.2) is 0 Å². The van der Waals surface area contributed by atoms with Gasteiger partial charge in [0.05, 0.1) is 0 Å². The predicted octanol–water partition coefficient (Wildman–Crippen LogP) is 2.65. The first-order valence-corrected chi connectivity index (χ1v) is 8.54. The molecular weight excluding hydrogens is 321 g/mol. The molecule has 0 saturated heterocycles. The van der Waals surface area contributed by atoms with Gasteiger partial charge in [-0.3, -0.25) is 9.59 Å². The van der Waals surface area contributed by atoms with Crippen LogP contribution in [0.3, 0.4) is 0 Å². The molecule has 0 aliphatic heterocycles. The second kappa shape index (κ2) is 7.17. The normalized spacial score (nSPS) is 13.7. The second-order valence-corrected chi connectivity index (χ2v) is 6.59. The van der Waals surface area contributed by atoms with Gasteiger partial charge in [-0.1, -0.05) is 12.1 Å². The Balaban J connectivity index is 1.68. The lowest BCUT2D eigenvalue weighted by Crippen LogP contribution is -2.33. The van der Waals surface area contributed by atoms with Crippen LogP contribution in [0.4, 0.5) is 4.39 Å². The number of halogens is 1. The zero-order chi connectivity index (χ0) is 18.0. The molecule has 0 atom stereocenters. The van der Waals surface area contributed by atoms with Crippen molar-refractivity contribution in [2.24, 2.45) is 0 Å². The Labute approximate surface area is 145 Å². The van der Waals surface area contributed by atoms with Gasteiger partial charge in [-0.2, -0.15) is 0 Å². The third-order valence-electron chi connectivity index (χ3n) is 4.50. The van der Waals surface area contributed by atoms with Gasteiger partial charge in [-0.25, -0.2) is 9.37 Å². The number of amides is 1. The smallest absolute Gasteiger partial charge is 0.254 e. The molecule has 0 unspecified atom stereocenters. The summed E-state index contributed by atoms with van der Waals surface area (Å²) >= 11 is 0. The third kappa shape index (κ3) is 4.32. The first-order valence-electron chi connectivity index (χ1n) is 8.54. The van der Waals surface area contributed by atoms with Gasteiger partial charge in [-0.05, 0) is 50.8 Å². The molecule has 1 saturated carbocycles. The minimum Gasteiger partial charge on any atom is -0.335 e. The van der Waals surface area contributed by atoms with E-state index in [1.54, 1.807) is 26.0 Å². The number of H-pyrrole nitrogens is 1. The van der Waals surface area contributed by atoms with Gasteiger partial charge in [-0.15, -0.1) is 0 Å². The highest BCUT2D eigenvalue weighted by molar-refractivity contribution is 5.77. The lowest BCUT2D eigenvalue weighted by atomic mass is 10.1. The molecule has 1 aliphatic carbocycles. The van der Waals surface area contributed by atoms with Crippen LogP contribution in [-0.2, 0) is 17.8 Å². The number of aryl methyl sites for hydroxylation is 2. The molecule has 1 N–H and O–H groups in total. The molecule has 3 rings (SSSR count). The Morgan fingerprint density at radius 1 is 1.28 bits per heavy atom. The van der Waals surface area contributed by atoms with Crippen molar-refractivity contribution < 1.29 is 9.18 Å². The van der Waals surface area contributed by atoms with E-state index < -0.39 is 0 Å². The van der Waals surface area contributed by atoms with E-state index in [1.807, 2.05) is 4.90 Å². The van der Waals surface area contributed by atoms with Crippen LogP contribution in [-0.4, -0.2) is 26.8 Å². The molecule has 25 heavy (non-hydrogen) atoms. The second-order valence-electron chi connectivity index (χ2n) is 6.59. The molecule has 1 aliphatic rings. The van der Waals surface area contributed by atoms with E-state index in [-0.39, 0.29) is 29.7 Å². The Morgan fingerprint density at radius 3 is 2.56 bits per heavy atom. The van der Waals surface area contributed by atoms with Crippen LogP contribution in [0.15, 0.2) is 29.1 Å². The van der Waals surface area contributed by atoms with Crippen LogP contribution in [0.25, 0.3) is 0 Å². The predicted molar refractivity (Wildman–Crippen MR) is 92.6 cm³/mol. The number of hydrogen-bond acceptors (Lipinski definition) is 3. The number of aromatic nitrogens is 2. The van der Waals surface area contributed by atoms with Crippen molar-refractivity contribution in [1.82, 2.24) is 14.9 Å². The van der Waals surface area contributed by atoms with Crippen molar-refractivity contribution in [2.45, 2.75) is 52.1 Å². The average molecular weight is 343 g/mol. The molecule has 1 fully saturated rings. The largest absolute Gasteiger partial charge is 0.335 e. The van der Waals surface area contributed by atoms with Crippen molar-refractivity contribution in [3.8, 4) is 0 Å². The molecule has 5 nitrogen and oxygen atoms in total. The number of carbonyl (C=O) groups is 1. The molecule has 1 amide bonds. The highest BCUT2D eigenvalue weighted by Crippen LogP contribution is 2.29. The quantitative estimate of drug-likeness (QED) is 0.877. The number of rotatable bonds is 6. The van der Waals surface area contributed by atoms with Gasteiger partial charge in [0, 0.05) is 30.3 Å². The highest BCUT2D eigenvalue weighted by Gasteiger charge is 2.32. The molecule has 2 aromatic rings. The van der Waals surface area contributed by atoms with Gasteiger partial charge >= 0.3 is 0 Å². The lowest BCUT2D eigenvalue weighted by Gasteiger charge is -2.22. The third-order valence-corrected chi connectivity index (χ3v) is 4.50. The Hall–Kier alpha value is -2.50. The molecule has 132 valence electrons. The molecule has 6 heteroatoms. The number of hydrogen-bond donors (Lipinski definition) is 1. The molecule has 1 aromatic carbocycles. The fourth-order valence-electron chi connectivity index (χ4n) is 3.01. The van der Waals surface area contributed by atoms with Crippen LogP contribution < -0.4 is 5.56 Å². The Kier molecular flexibility index (Phi) is 4.97. The number of benzene rings is 1. The molecule has 0 spiro atoms. The molecule has 1 heterocycles. The molecule has 1 aromatic heterocycles. The minimum atomic E-state index is -0.283. The highest BCUT2D eigenvalue weighted by atomic mass is 19.1. The van der Waals surface area contributed by atoms with Crippen LogP contribution in [0.2, 0.25) is 0 Å². The summed E-state index contributed by atoms with van der Waals surface area (Å²) in [5, 5.41) is 0. The van der Waals surface area contributed by atoms with E-state index >= 15 is 0 Å². The topological polar surface area (TPSA) is 66.1 Å². The molecule has 0 radical (unpaired) electrons. The van der Waals surface area contributed by atoms with E-state index in [0.29, 0.717) is 30.0 Å². The minimum absolute atomic E-state index is 0.0196. The summed E-state index contributed by atoms with van der Waals surface area (Å²) in [5.74, 6) is 0.314. The van der Waals surface area contributed by atoms with Crippen LogP contribution in [0.5, 0.6) is 0 Å².